The summed E-state index contributed by atoms with van der Waals surface area (Å²) >= 11 is 0. The molecule has 2 aromatic rings. The number of fused-ring (bicyclic) bond motifs is 2. The second-order valence-corrected chi connectivity index (χ2v) is 14.1. The Morgan fingerprint density at radius 1 is 0.660 bits per heavy atom. The van der Waals surface area contributed by atoms with E-state index in [0.29, 0.717) is 0 Å². The van der Waals surface area contributed by atoms with E-state index < -0.39 is 0 Å². The molecule has 272 valence electrons. The average molecular weight is 681 g/mol. The number of unbranched alkanes of at least 4 members (excludes halogenated alkanes) is 13. The third kappa shape index (κ3) is 10.5. The summed E-state index contributed by atoms with van der Waals surface area (Å²) in [6.07, 6.45) is 18.7. The van der Waals surface area contributed by atoms with Crippen LogP contribution in [0.5, 0.6) is 0 Å². The molecule has 0 saturated heterocycles. The lowest BCUT2D eigenvalue weighted by Crippen LogP contribution is -2.29. The summed E-state index contributed by atoms with van der Waals surface area (Å²) in [6, 6.07) is 21.2. The lowest BCUT2D eigenvalue weighted by atomic mass is 9.90. The van der Waals surface area contributed by atoms with E-state index in [1.54, 1.807) is 0 Å². The van der Waals surface area contributed by atoms with E-state index in [9.17, 15) is 4.79 Å². The van der Waals surface area contributed by atoms with Crippen molar-refractivity contribution in [2.24, 2.45) is 0 Å². The second-order valence-electron chi connectivity index (χ2n) is 14.1. The van der Waals surface area contributed by atoms with Gasteiger partial charge in [0.2, 0.25) is 5.36 Å². The summed E-state index contributed by atoms with van der Waals surface area (Å²) < 4.78 is 9.04. The maximum atomic E-state index is 14.1. The van der Waals surface area contributed by atoms with Gasteiger partial charge in [0.15, 0.2) is 0 Å². The minimum atomic E-state index is 0.0805. The highest BCUT2D eigenvalue weighted by molar-refractivity contribution is 6.09. The largest absolute Gasteiger partial charge is 0.456 e. The molecular formula is C45H66N3O2+. The molecule has 1 aliphatic heterocycles. The third-order valence-electron chi connectivity index (χ3n) is 10.6. The zero-order chi connectivity index (χ0) is 35.7. The molecule has 0 aromatic heterocycles. The van der Waals surface area contributed by atoms with Gasteiger partial charge >= 0.3 is 0 Å². The van der Waals surface area contributed by atoms with Crippen molar-refractivity contribution in [3.8, 4) is 22.5 Å². The average Bonchev–Trinajstić information content (AvgIpc) is 3.14. The zero-order valence-electron chi connectivity index (χ0n) is 32.4. The smallest absolute Gasteiger partial charge is 0.254 e. The molecule has 50 heavy (non-hydrogen) atoms. The predicted octanol–water partition coefficient (Wildman–Crippen LogP) is 11.4. The quantitative estimate of drug-likeness (QED) is 0.0471. The minimum absolute atomic E-state index is 0.0805. The monoisotopic (exact) mass is 681 g/mol. The van der Waals surface area contributed by atoms with Crippen LogP contribution >= 0.6 is 0 Å². The van der Waals surface area contributed by atoms with Crippen LogP contribution in [0.2, 0.25) is 0 Å². The summed E-state index contributed by atoms with van der Waals surface area (Å²) in [7, 11) is 1.96. The Bertz CT molecular complexity index is 1640. The molecule has 2 aromatic carbocycles. The maximum Gasteiger partial charge on any atom is 0.254 e. The summed E-state index contributed by atoms with van der Waals surface area (Å²) in [4.78, 5) is 18.4. The van der Waals surface area contributed by atoms with Gasteiger partial charge in [-0.1, -0.05) is 109 Å². The topological polar surface area (TPSA) is 39.7 Å². The molecule has 0 atom stereocenters. The highest BCUT2D eigenvalue weighted by Crippen LogP contribution is 2.42. The van der Waals surface area contributed by atoms with Gasteiger partial charge < -0.3 is 14.2 Å². The maximum absolute atomic E-state index is 14.1. The van der Waals surface area contributed by atoms with Crippen LogP contribution in [-0.2, 0) is 0 Å². The van der Waals surface area contributed by atoms with E-state index in [2.05, 4.69) is 92.6 Å². The van der Waals surface area contributed by atoms with Gasteiger partial charge in [0.1, 0.15) is 24.4 Å². The van der Waals surface area contributed by atoms with E-state index in [1.165, 1.54) is 83.5 Å². The molecule has 1 amide bonds. The molecule has 2 aliphatic rings. The van der Waals surface area contributed by atoms with E-state index in [-0.39, 0.29) is 5.91 Å². The number of nitrogens with zero attached hydrogens (tertiary/aromatic N) is 3. The number of hydrogen-bond acceptors (Lipinski definition) is 3. The van der Waals surface area contributed by atoms with Crippen LogP contribution in [0.1, 0.15) is 135 Å². The van der Waals surface area contributed by atoms with Crippen molar-refractivity contribution in [1.29, 1.82) is 0 Å². The normalized spacial score (nSPS) is 11.4. The van der Waals surface area contributed by atoms with Crippen LogP contribution in [0.15, 0.2) is 65.1 Å². The fourth-order valence-corrected chi connectivity index (χ4v) is 7.47. The molecule has 0 saturated carbocycles. The van der Waals surface area contributed by atoms with Gasteiger partial charge in [0.05, 0.1) is 6.07 Å². The van der Waals surface area contributed by atoms with Crippen molar-refractivity contribution >= 4 is 22.6 Å². The van der Waals surface area contributed by atoms with E-state index in [1.807, 2.05) is 24.1 Å². The molecule has 5 heteroatoms. The van der Waals surface area contributed by atoms with Gasteiger partial charge in [-0.15, -0.1) is 0 Å². The van der Waals surface area contributed by atoms with Crippen LogP contribution in [0.3, 0.4) is 0 Å². The number of benzene rings is 3. The molecule has 1 heterocycles. The number of carbonyl (C=O) groups excluding carboxylic acids is 1. The number of hydrogen-bond donors (Lipinski definition) is 0. The summed E-state index contributed by atoms with van der Waals surface area (Å²) in [5.74, 6) is 0.920. The third-order valence-corrected chi connectivity index (χ3v) is 10.6. The molecule has 0 spiro atoms. The van der Waals surface area contributed by atoms with Crippen LogP contribution in [0, 0.1) is 0 Å². The SMILES string of the molecule is CCCCCCCCCCCCCCCCN(C)C(=O)c1ccccc1-c1c2ccc(=[N+](CC)CC)cc-2oc2cc(N(CC)CC)ccc12. The number of amides is 1. The lowest BCUT2D eigenvalue weighted by molar-refractivity contribution is 0.0793. The standard InChI is InChI=1S/C45H66N3O2/c1-7-12-13-14-15-16-17-18-19-20-21-22-23-26-33-46(6)45(49)39-28-25-24-27-38(39)44-40-31-29-36(47(8-2)9-3)34-42(40)50-43-35-37(30-32-41(43)44)48(10-4)11-5/h24-25,27-32,34-35H,7-23,26,33H2,1-6H3/q+1. The van der Waals surface area contributed by atoms with E-state index in [0.717, 1.165) is 89.2 Å². The van der Waals surface area contributed by atoms with Gasteiger partial charge in [-0.05, 0) is 63.9 Å². The van der Waals surface area contributed by atoms with Gasteiger partial charge in [0, 0.05) is 66.6 Å². The van der Waals surface area contributed by atoms with Gasteiger partial charge in [0.25, 0.3) is 5.91 Å². The van der Waals surface area contributed by atoms with Crippen LogP contribution in [0.4, 0.5) is 5.69 Å². The van der Waals surface area contributed by atoms with Crippen molar-refractivity contribution < 1.29 is 9.21 Å². The van der Waals surface area contributed by atoms with Crippen molar-refractivity contribution in [1.82, 2.24) is 9.48 Å². The van der Waals surface area contributed by atoms with Crippen LogP contribution in [0.25, 0.3) is 33.4 Å². The first-order valence-electron chi connectivity index (χ1n) is 20.2. The molecule has 0 radical (unpaired) electrons. The number of carbonyl (C=O) groups is 1. The van der Waals surface area contributed by atoms with E-state index in [4.69, 9.17) is 4.42 Å². The second kappa shape index (κ2) is 20.9. The summed E-state index contributed by atoms with van der Waals surface area (Å²) in [5, 5.41) is 2.17. The Labute approximate surface area is 303 Å². The number of anilines is 1. The van der Waals surface area contributed by atoms with Crippen molar-refractivity contribution in [2.45, 2.75) is 125 Å². The Balaban J connectivity index is 1.48. The highest BCUT2D eigenvalue weighted by atomic mass is 16.3. The molecule has 0 fully saturated rings. The molecule has 0 bridgehead atoms. The fourth-order valence-electron chi connectivity index (χ4n) is 7.47. The number of rotatable bonds is 22. The Kier molecular flexibility index (Phi) is 16.4. The van der Waals surface area contributed by atoms with Crippen molar-refractivity contribution in [3.05, 3.63) is 71.6 Å². The minimum Gasteiger partial charge on any atom is -0.456 e. The molecular weight excluding hydrogens is 615 g/mol. The molecule has 1 aliphatic carbocycles. The van der Waals surface area contributed by atoms with Crippen LogP contribution < -0.4 is 14.8 Å². The zero-order valence-corrected chi connectivity index (χ0v) is 32.4. The Morgan fingerprint density at radius 2 is 1.26 bits per heavy atom. The Morgan fingerprint density at radius 3 is 1.86 bits per heavy atom. The van der Waals surface area contributed by atoms with Crippen LogP contribution in [-0.4, -0.2) is 50.6 Å². The van der Waals surface area contributed by atoms with Gasteiger partial charge in [-0.2, -0.15) is 0 Å². The van der Waals surface area contributed by atoms with Gasteiger partial charge in [-0.25, -0.2) is 4.58 Å². The first kappa shape index (κ1) is 39.2. The van der Waals surface area contributed by atoms with Crippen molar-refractivity contribution in [2.75, 3.05) is 44.7 Å². The summed E-state index contributed by atoms with van der Waals surface area (Å²) in [5.41, 5.74) is 5.78. The van der Waals surface area contributed by atoms with E-state index >= 15 is 0 Å². The Hall–Kier alpha value is -3.60. The highest BCUT2D eigenvalue weighted by Gasteiger charge is 2.24. The molecule has 0 unspecified atom stereocenters. The molecule has 4 rings (SSSR count). The first-order chi connectivity index (χ1) is 24.5. The first-order valence-corrected chi connectivity index (χ1v) is 20.2. The lowest BCUT2D eigenvalue weighted by Gasteiger charge is -2.23. The van der Waals surface area contributed by atoms with Gasteiger partial charge in [-0.3, -0.25) is 4.79 Å². The molecule has 5 nitrogen and oxygen atoms in total. The predicted molar refractivity (Wildman–Crippen MR) is 215 cm³/mol. The molecule has 0 N–H and O–H groups in total. The van der Waals surface area contributed by atoms with Crippen molar-refractivity contribution in [3.63, 3.8) is 0 Å². The summed E-state index contributed by atoms with van der Waals surface area (Å²) in [6.45, 7) is 15.5. The fraction of sp³-hybridized carbons (Fsp3) is 0.556.